The van der Waals surface area contributed by atoms with E-state index in [1.165, 1.54) is 12.1 Å². The van der Waals surface area contributed by atoms with Gasteiger partial charge in [-0.1, -0.05) is 12.1 Å². The van der Waals surface area contributed by atoms with Crippen LogP contribution >= 0.6 is 0 Å². The van der Waals surface area contributed by atoms with Gasteiger partial charge < -0.3 is 5.32 Å². The Morgan fingerprint density at radius 2 is 1.90 bits per heavy atom. The summed E-state index contributed by atoms with van der Waals surface area (Å²) in [6.07, 6.45) is -3.33. The van der Waals surface area contributed by atoms with Crippen LogP contribution in [-0.4, -0.2) is 27.0 Å². The van der Waals surface area contributed by atoms with Crippen LogP contribution < -0.4 is 10.0 Å². The minimum atomic E-state index is -4.70. The van der Waals surface area contributed by atoms with Crippen molar-refractivity contribution >= 4 is 10.0 Å². The van der Waals surface area contributed by atoms with Gasteiger partial charge in [0, 0.05) is 18.6 Å². The van der Waals surface area contributed by atoms with Crippen molar-refractivity contribution in [3.63, 3.8) is 0 Å². The highest BCUT2D eigenvalue weighted by Crippen LogP contribution is 2.34. The lowest BCUT2D eigenvalue weighted by Crippen LogP contribution is -2.48. The van der Waals surface area contributed by atoms with Gasteiger partial charge in [-0.2, -0.15) is 13.2 Å². The number of benzene rings is 1. The zero-order valence-electron chi connectivity index (χ0n) is 11.4. The largest absolute Gasteiger partial charge is 0.417 e. The lowest BCUT2D eigenvalue weighted by Gasteiger charge is -2.28. The summed E-state index contributed by atoms with van der Waals surface area (Å²) in [4.78, 5) is -0.726. The van der Waals surface area contributed by atoms with Crippen molar-refractivity contribution in [3.05, 3.63) is 29.8 Å². The number of sulfonamides is 1. The van der Waals surface area contributed by atoms with Crippen LogP contribution in [0, 0.1) is 0 Å². The van der Waals surface area contributed by atoms with Crippen molar-refractivity contribution in [1.82, 2.24) is 10.0 Å². The molecule has 0 aliphatic carbocycles. The SMILES string of the molecule is CC1CCC(NS(=O)(=O)c2ccccc2C(F)(F)F)CN1. The van der Waals surface area contributed by atoms with Crippen molar-refractivity contribution in [2.45, 2.75) is 42.9 Å². The van der Waals surface area contributed by atoms with Crippen LogP contribution in [0.5, 0.6) is 0 Å². The predicted molar refractivity (Wildman–Crippen MR) is 72.3 cm³/mol. The first-order chi connectivity index (χ1) is 9.70. The molecule has 0 aromatic heterocycles. The van der Waals surface area contributed by atoms with Gasteiger partial charge in [0.15, 0.2) is 0 Å². The van der Waals surface area contributed by atoms with Crippen molar-refractivity contribution in [1.29, 1.82) is 0 Å². The van der Waals surface area contributed by atoms with E-state index in [0.717, 1.165) is 18.6 Å². The smallest absolute Gasteiger partial charge is 0.313 e. The number of alkyl halides is 3. The molecule has 0 bridgehead atoms. The topological polar surface area (TPSA) is 58.2 Å². The first kappa shape index (κ1) is 16.3. The Morgan fingerprint density at radius 3 is 2.48 bits per heavy atom. The Bertz CT molecular complexity index is 594. The average Bonchev–Trinajstić information content (AvgIpc) is 2.40. The molecule has 0 saturated carbocycles. The van der Waals surface area contributed by atoms with E-state index in [1.54, 1.807) is 0 Å². The third-order valence-electron chi connectivity index (χ3n) is 3.46. The molecule has 0 amide bonds. The molecule has 1 heterocycles. The van der Waals surface area contributed by atoms with Crippen LogP contribution in [0.4, 0.5) is 13.2 Å². The monoisotopic (exact) mass is 322 g/mol. The fourth-order valence-electron chi connectivity index (χ4n) is 2.32. The molecule has 1 aromatic rings. The van der Waals surface area contributed by atoms with Crippen LogP contribution in [-0.2, 0) is 16.2 Å². The predicted octanol–water partition coefficient (Wildman–Crippen LogP) is 2.12. The van der Waals surface area contributed by atoms with Crippen molar-refractivity contribution < 1.29 is 21.6 Å². The maximum absolute atomic E-state index is 12.9. The van der Waals surface area contributed by atoms with E-state index in [9.17, 15) is 21.6 Å². The first-order valence-corrected chi connectivity index (χ1v) is 8.10. The highest BCUT2D eigenvalue weighted by atomic mass is 32.2. The lowest BCUT2D eigenvalue weighted by atomic mass is 10.0. The van der Waals surface area contributed by atoms with Gasteiger partial charge >= 0.3 is 6.18 Å². The summed E-state index contributed by atoms with van der Waals surface area (Å²) in [5, 5.41) is 3.10. The minimum absolute atomic E-state index is 0.285. The normalized spacial score (nSPS) is 24.0. The van der Waals surface area contributed by atoms with Crippen molar-refractivity contribution in [3.8, 4) is 0 Å². The molecule has 8 heteroatoms. The van der Waals surface area contributed by atoms with Gasteiger partial charge in [-0.05, 0) is 31.9 Å². The van der Waals surface area contributed by atoms with E-state index in [2.05, 4.69) is 10.0 Å². The molecule has 4 nitrogen and oxygen atoms in total. The van der Waals surface area contributed by atoms with Gasteiger partial charge in [-0.3, -0.25) is 0 Å². The molecule has 1 fully saturated rings. The molecule has 2 N–H and O–H groups in total. The zero-order valence-corrected chi connectivity index (χ0v) is 12.3. The summed E-state index contributed by atoms with van der Waals surface area (Å²) in [5.74, 6) is 0. The van der Waals surface area contributed by atoms with Crippen LogP contribution in [0.3, 0.4) is 0 Å². The quantitative estimate of drug-likeness (QED) is 0.896. The van der Waals surface area contributed by atoms with Gasteiger partial charge in [0.05, 0.1) is 10.5 Å². The maximum Gasteiger partial charge on any atom is 0.417 e. The third kappa shape index (κ3) is 3.96. The Labute approximate surface area is 121 Å². The third-order valence-corrected chi connectivity index (χ3v) is 5.04. The highest BCUT2D eigenvalue weighted by molar-refractivity contribution is 7.89. The Balaban J connectivity index is 2.24. The van der Waals surface area contributed by atoms with Crippen molar-refractivity contribution in [2.24, 2.45) is 0 Å². The van der Waals surface area contributed by atoms with Gasteiger partial charge in [-0.25, -0.2) is 13.1 Å². The van der Waals surface area contributed by atoms with Gasteiger partial charge in [-0.15, -0.1) is 0 Å². The summed E-state index contributed by atoms with van der Waals surface area (Å²) >= 11 is 0. The van der Waals surface area contributed by atoms with Gasteiger partial charge in [0.25, 0.3) is 0 Å². The van der Waals surface area contributed by atoms with E-state index in [1.807, 2.05) is 6.92 Å². The maximum atomic E-state index is 12.9. The second-order valence-electron chi connectivity index (χ2n) is 5.20. The van der Waals surface area contributed by atoms with Crippen LogP contribution in [0.1, 0.15) is 25.3 Å². The van der Waals surface area contributed by atoms with Gasteiger partial charge in [0.2, 0.25) is 10.0 Å². The standard InChI is InChI=1S/C13H17F3N2O2S/c1-9-6-7-10(8-17-9)18-21(19,20)12-5-3-2-4-11(12)13(14,15)16/h2-5,9-10,17-18H,6-8H2,1H3. The molecule has 21 heavy (non-hydrogen) atoms. The molecule has 2 rings (SSSR count). The molecular formula is C13H17F3N2O2S. The fourth-order valence-corrected chi connectivity index (χ4v) is 3.82. The Hall–Kier alpha value is -1.12. The summed E-state index contributed by atoms with van der Waals surface area (Å²) in [5.41, 5.74) is -1.14. The zero-order chi connectivity index (χ0) is 15.7. The number of nitrogens with one attached hydrogen (secondary N) is 2. The summed E-state index contributed by atoms with van der Waals surface area (Å²) in [6.45, 7) is 2.39. The molecule has 118 valence electrons. The number of halogens is 3. The van der Waals surface area contributed by atoms with E-state index in [0.29, 0.717) is 13.0 Å². The van der Waals surface area contributed by atoms with E-state index in [-0.39, 0.29) is 6.04 Å². The van der Waals surface area contributed by atoms with E-state index in [4.69, 9.17) is 0 Å². The van der Waals surface area contributed by atoms with E-state index < -0.39 is 32.7 Å². The average molecular weight is 322 g/mol. The number of piperidine rings is 1. The number of rotatable bonds is 3. The molecule has 1 saturated heterocycles. The molecular weight excluding hydrogens is 305 g/mol. The summed E-state index contributed by atoms with van der Waals surface area (Å²) < 4.78 is 65.5. The molecule has 2 atom stereocenters. The summed E-state index contributed by atoms with van der Waals surface area (Å²) in [6, 6.07) is 4.09. The fraction of sp³-hybridized carbons (Fsp3) is 0.538. The molecule has 1 aliphatic heterocycles. The second kappa shape index (κ2) is 5.94. The Kier molecular flexibility index (Phi) is 4.60. The minimum Gasteiger partial charge on any atom is -0.313 e. The van der Waals surface area contributed by atoms with Crippen LogP contribution in [0.2, 0.25) is 0 Å². The van der Waals surface area contributed by atoms with E-state index >= 15 is 0 Å². The second-order valence-corrected chi connectivity index (χ2v) is 6.88. The van der Waals surface area contributed by atoms with Crippen molar-refractivity contribution in [2.75, 3.05) is 6.54 Å². The molecule has 1 aliphatic rings. The number of hydrogen-bond donors (Lipinski definition) is 2. The molecule has 0 spiro atoms. The number of hydrogen-bond acceptors (Lipinski definition) is 3. The molecule has 2 unspecified atom stereocenters. The van der Waals surface area contributed by atoms with Crippen LogP contribution in [0.25, 0.3) is 0 Å². The molecule has 0 radical (unpaired) electrons. The Morgan fingerprint density at radius 1 is 1.24 bits per heavy atom. The lowest BCUT2D eigenvalue weighted by molar-refractivity contribution is -0.139. The van der Waals surface area contributed by atoms with Gasteiger partial charge in [0.1, 0.15) is 0 Å². The van der Waals surface area contributed by atoms with Crippen LogP contribution in [0.15, 0.2) is 29.2 Å². The highest BCUT2D eigenvalue weighted by Gasteiger charge is 2.37. The first-order valence-electron chi connectivity index (χ1n) is 6.62. The summed E-state index contributed by atoms with van der Waals surface area (Å²) in [7, 11) is -4.20. The molecule has 1 aromatic carbocycles.